The number of ether oxygens (including phenoxy) is 1. The first kappa shape index (κ1) is 15.5. The van der Waals surface area contributed by atoms with Crippen molar-refractivity contribution < 1.29 is 9.53 Å². The third-order valence-electron chi connectivity index (χ3n) is 2.55. The third kappa shape index (κ3) is 5.29. The number of amides is 1. The minimum Gasteiger partial charge on any atom is -0.384 e. The standard InChI is InChI=1S/C15H21NO2Si/c1-18-11-14(15(16)17)13-7-5-6-12(10-13)8-9-19(2,3)4/h5-7,10,14H,11H2,1-4H3,(H2,16,17). The Labute approximate surface area is 116 Å². The molecule has 0 saturated heterocycles. The number of methoxy groups -OCH3 is 1. The Morgan fingerprint density at radius 3 is 2.63 bits per heavy atom. The first-order chi connectivity index (χ1) is 8.83. The van der Waals surface area contributed by atoms with E-state index in [2.05, 4.69) is 31.1 Å². The number of carbonyl (C=O) groups excluding carboxylic acids is 1. The van der Waals surface area contributed by atoms with Crippen LogP contribution in [0, 0.1) is 11.5 Å². The molecule has 1 rings (SSSR count). The molecule has 4 heteroatoms. The second-order valence-electron chi connectivity index (χ2n) is 5.54. The SMILES string of the molecule is COCC(C(N)=O)c1cccc(C#C[Si](C)(C)C)c1. The highest BCUT2D eigenvalue weighted by Gasteiger charge is 2.17. The van der Waals surface area contributed by atoms with Gasteiger partial charge < -0.3 is 10.5 Å². The molecule has 102 valence electrons. The molecule has 1 atom stereocenters. The van der Waals surface area contributed by atoms with Gasteiger partial charge in [-0.1, -0.05) is 37.7 Å². The minimum atomic E-state index is -1.40. The average Bonchev–Trinajstić information content (AvgIpc) is 2.32. The van der Waals surface area contributed by atoms with Crippen molar-refractivity contribution in [3.8, 4) is 11.5 Å². The number of nitrogens with two attached hydrogens (primary N) is 1. The van der Waals surface area contributed by atoms with Crippen LogP contribution in [0.4, 0.5) is 0 Å². The molecule has 2 N–H and O–H groups in total. The van der Waals surface area contributed by atoms with Crippen LogP contribution in [0.5, 0.6) is 0 Å². The first-order valence-electron chi connectivity index (χ1n) is 6.25. The van der Waals surface area contributed by atoms with E-state index in [1.807, 2.05) is 24.3 Å². The summed E-state index contributed by atoms with van der Waals surface area (Å²) in [6, 6.07) is 7.65. The first-order valence-corrected chi connectivity index (χ1v) is 9.75. The molecule has 0 saturated carbocycles. The van der Waals surface area contributed by atoms with Gasteiger partial charge in [0, 0.05) is 12.7 Å². The summed E-state index contributed by atoms with van der Waals surface area (Å²) in [6.07, 6.45) is 0. The Balaban J connectivity index is 3.04. The van der Waals surface area contributed by atoms with Gasteiger partial charge in [-0.15, -0.1) is 5.54 Å². The van der Waals surface area contributed by atoms with Crippen LogP contribution in [0.3, 0.4) is 0 Å². The van der Waals surface area contributed by atoms with E-state index in [0.29, 0.717) is 6.61 Å². The van der Waals surface area contributed by atoms with Gasteiger partial charge in [0.2, 0.25) is 5.91 Å². The molecule has 3 nitrogen and oxygen atoms in total. The second-order valence-corrected chi connectivity index (χ2v) is 10.3. The molecule has 1 aromatic carbocycles. The van der Waals surface area contributed by atoms with Crippen molar-refractivity contribution in [1.82, 2.24) is 0 Å². The normalized spacial score (nSPS) is 12.4. The van der Waals surface area contributed by atoms with Gasteiger partial charge in [0.25, 0.3) is 0 Å². The maximum Gasteiger partial charge on any atom is 0.227 e. The summed E-state index contributed by atoms with van der Waals surface area (Å²) in [5, 5.41) is 0. The van der Waals surface area contributed by atoms with Crippen LogP contribution < -0.4 is 5.73 Å². The molecule has 0 radical (unpaired) electrons. The zero-order valence-corrected chi connectivity index (χ0v) is 13.0. The lowest BCUT2D eigenvalue weighted by molar-refractivity contribution is -0.120. The topological polar surface area (TPSA) is 52.3 Å². The molecule has 19 heavy (non-hydrogen) atoms. The fraction of sp³-hybridized carbons (Fsp3) is 0.400. The lowest BCUT2D eigenvalue weighted by Gasteiger charge is -2.12. The van der Waals surface area contributed by atoms with E-state index >= 15 is 0 Å². The molecule has 0 fully saturated rings. The van der Waals surface area contributed by atoms with Gasteiger partial charge in [-0.3, -0.25) is 4.79 Å². The fourth-order valence-electron chi connectivity index (χ4n) is 1.60. The number of rotatable bonds is 4. The third-order valence-corrected chi connectivity index (χ3v) is 3.42. The minimum absolute atomic E-state index is 0.292. The van der Waals surface area contributed by atoms with E-state index in [-0.39, 0.29) is 5.91 Å². The van der Waals surface area contributed by atoms with Crippen LogP contribution in [0.25, 0.3) is 0 Å². The summed E-state index contributed by atoms with van der Waals surface area (Å²) < 4.78 is 5.04. The van der Waals surface area contributed by atoms with Crippen LogP contribution in [-0.2, 0) is 9.53 Å². The highest BCUT2D eigenvalue weighted by atomic mass is 28.3. The van der Waals surface area contributed by atoms with Crippen molar-refractivity contribution in [1.29, 1.82) is 0 Å². The van der Waals surface area contributed by atoms with Gasteiger partial charge >= 0.3 is 0 Å². The molecule has 0 bridgehead atoms. The molecule has 0 aliphatic heterocycles. The van der Waals surface area contributed by atoms with Gasteiger partial charge in [-0.2, -0.15) is 0 Å². The second kappa shape index (κ2) is 6.55. The average molecular weight is 275 g/mol. The molecular formula is C15H21NO2Si. The molecule has 1 amide bonds. The Morgan fingerprint density at radius 2 is 2.11 bits per heavy atom. The van der Waals surface area contributed by atoms with E-state index in [4.69, 9.17) is 10.5 Å². The molecular weight excluding hydrogens is 254 g/mol. The molecule has 0 aromatic heterocycles. The van der Waals surface area contributed by atoms with Gasteiger partial charge in [0.1, 0.15) is 8.07 Å². The molecule has 0 heterocycles. The number of primary amides is 1. The summed E-state index contributed by atoms with van der Waals surface area (Å²) in [5.41, 5.74) is 10.5. The lowest BCUT2D eigenvalue weighted by Crippen LogP contribution is -2.25. The summed E-state index contributed by atoms with van der Waals surface area (Å²) in [6.45, 7) is 6.88. The molecule has 1 unspecified atom stereocenters. The van der Waals surface area contributed by atoms with E-state index in [1.54, 1.807) is 7.11 Å². The Kier molecular flexibility index (Phi) is 5.34. The van der Waals surface area contributed by atoms with Crippen molar-refractivity contribution >= 4 is 14.0 Å². The zero-order valence-electron chi connectivity index (χ0n) is 12.0. The van der Waals surface area contributed by atoms with Crippen LogP contribution in [0.1, 0.15) is 17.0 Å². The van der Waals surface area contributed by atoms with E-state index in [9.17, 15) is 4.79 Å². The molecule has 1 aromatic rings. The summed E-state index contributed by atoms with van der Waals surface area (Å²) in [4.78, 5) is 11.4. The van der Waals surface area contributed by atoms with Crippen molar-refractivity contribution in [3.63, 3.8) is 0 Å². The van der Waals surface area contributed by atoms with Crippen molar-refractivity contribution in [2.75, 3.05) is 13.7 Å². The Hall–Kier alpha value is -1.57. The van der Waals surface area contributed by atoms with Crippen molar-refractivity contribution in [2.45, 2.75) is 25.6 Å². The smallest absolute Gasteiger partial charge is 0.227 e. The highest BCUT2D eigenvalue weighted by Crippen LogP contribution is 2.17. The summed E-state index contributed by atoms with van der Waals surface area (Å²) in [7, 11) is 0.161. The summed E-state index contributed by atoms with van der Waals surface area (Å²) >= 11 is 0. The van der Waals surface area contributed by atoms with Crippen LogP contribution in [-0.4, -0.2) is 27.7 Å². The monoisotopic (exact) mass is 275 g/mol. The number of hydrogen-bond donors (Lipinski definition) is 1. The summed E-state index contributed by atoms with van der Waals surface area (Å²) in [5.74, 6) is 2.38. The highest BCUT2D eigenvalue weighted by molar-refractivity contribution is 6.83. The maximum absolute atomic E-state index is 11.4. The predicted octanol–water partition coefficient (Wildman–Crippen LogP) is 2.13. The largest absolute Gasteiger partial charge is 0.384 e. The maximum atomic E-state index is 11.4. The predicted molar refractivity (Wildman–Crippen MR) is 80.5 cm³/mol. The van der Waals surface area contributed by atoms with E-state index in [1.165, 1.54) is 0 Å². The van der Waals surface area contributed by atoms with Crippen LogP contribution in [0.15, 0.2) is 24.3 Å². The lowest BCUT2D eigenvalue weighted by atomic mass is 9.97. The number of carbonyl (C=O) groups is 1. The quantitative estimate of drug-likeness (QED) is 0.676. The molecule has 0 aliphatic carbocycles. The van der Waals surface area contributed by atoms with Crippen molar-refractivity contribution in [2.24, 2.45) is 5.73 Å². The zero-order chi connectivity index (χ0) is 14.5. The fourth-order valence-corrected chi connectivity index (χ4v) is 2.12. The number of hydrogen-bond acceptors (Lipinski definition) is 2. The van der Waals surface area contributed by atoms with Gasteiger partial charge in [0.05, 0.1) is 12.5 Å². The van der Waals surface area contributed by atoms with Gasteiger partial charge in [0.15, 0.2) is 0 Å². The molecule has 0 spiro atoms. The van der Waals surface area contributed by atoms with Crippen molar-refractivity contribution in [3.05, 3.63) is 35.4 Å². The Bertz CT molecular complexity index is 509. The molecule has 0 aliphatic rings. The van der Waals surface area contributed by atoms with Crippen LogP contribution >= 0.6 is 0 Å². The number of benzene rings is 1. The van der Waals surface area contributed by atoms with Gasteiger partial charge in [-0.05, 0) is 17.7 Å². The van der Waals surface area contributed by atoms with Gasteiger partial charge in [-0.25, -0.2) is 0 Å². The van der Waals surface area contributed by atoms with E-state index < -0.39 is 14.0 Å². The van der Waals surface area contributed by atoms with E-state index in [0.717, 1.165) is 11.1 Å². The van der Waals surface area contributed by atoms with Crippen LogP contribution in [0.2, 0.25) is 19.6 Å². The Morgan fingerprint density at radius 1 is 1.42 bits per heavy atom.